The number of rotatable bonds is 3. The van der Waals surface area contributed by atoms with Crippen molar-refractivity contribution in [2.75, 3.05) is 0 Å². The number of aldehydes is 1. The minimum absolute atomic E-state index is 0.151. The Morgan fingerprint density at radius 3 is 2.44 bits per heavy atom. The van der Waals surface area contributed by atoms with E-state index >= 15 is 0 Å². The second-order valence-corrected chi connectivity index (χ2v) is 4.74. The number of carbonyl (C=O) groups is 1. The molecule has 1 unspecified atom stereocenters. The zero-order chi connectivity index (χ0) is 11.5. The van der Waals surface area contributed by atoms with Gasteiger partial charge in [0.1, 0.15) is 5.76 Å². The van der Waals surface area contributed by atoms with E-state index in [1.807, 2.05) is 24.3 Å². The van der Waals surface area contributed by atoms with E-state index in [0.29, 0.717) is 17.8 Å². The summed E-state index contributed by atoms with van der Waals surface area (Å²) in [5.74, 6) is 0.999. The Hall–Kier alpha value is -1.00. The van der Waals surface area contributed by atoms with Crippen molar-refractivity contribution in [1.29, 1.82) is 0 Å². The third kappa shape index (κ3) is 2.39. The molecule has 0 fully saturated rings. The van der Waals surface area contributed by atoms with E-state index in [1.54, 1.807) is 12.1 Å². The highest BCUT2D eigenvalue weighted by molar-refractivity contribution is 9.10. The van der Waals surface area contributed by atoms with Gasteiger partial charge in [-0.2, -0.15) is 12.6 Å². The zero-order valence-corrected chi connectivity index (χ0v) is 10.7. The van der Waals surface area contributed by atoms with Gasteiger partial charge in [-0.3, -0.25) is 4.79 Å². The molecule has 0 bridgehead atoms. The number of carbonyl (C=O) groups excluding carboxylic acids is 1. The molecule has 0 amide bonds. The Morgan fingerprint density at radius 1 is 1.19 bits per heavy atom. The molecule has 1 aromatic heterocycles. The molecule has 0 spiro atoms. The highest BCUT2D eigenvalue weighted by Crippen LogP contribution is 2.30. The van der Waals surface area contributed by atoms with Crippen LogP contribution in [0.3, 0.4) is 0 Å². The van der Waals surface area contributed by atoms with Crippen LogP contribution in [0.5, 0.6) is 0 Å². The standard InChI is InChI=1S/C12H9BrO2S/c13-9-3-1-8(2-4-9)12(16)11-6-5-10(7-14)15-11/h1-7,12,16H. The molecular weight excluding hydrogens is 288 g/mol. The Kier molecular flexibility index (Phi) is 3.51. The van der Waals surface area contributed by atoms with Crippen LogP contribution in [0.15, 0.2) is 45.3 Å². The summed E-state index contributed by atoms with van der Waals surface area (Å²) in [5, 5.41) is -0.151. The molecular formula is C12H9BrO2S. The summed E-state index contributed by atoms with van der Waals surface area (Å²) >= 11 is 7.84. The summed E-state index contributed by atoms with van der Waals surface area (Å²) in [7, 11) is 0. The summed E-state index contributed by atoms with van der Waals surface area (Å²) in [4.78, 5) is 10.5. The van der Waals surface area contributed by atoms with E-state index in [2.05, 4.69) is 28.6 Å². The van der Waals surface area contributed by atoms with E-state index in [0.717, 1.165) is 10.0 Å². The molecule has 0 radical (unpaired) electrons. The molecule has 0 saturated carbocycles. The van der Waals surface area contributed by atoms with Crippen molar-refractivity contribution in [3.05, 3.63) is 58.0 Å². The summed E-state index contributed by atoms with van der Waals surface area (Å²) in [6, 6.07) is 11.2. The molecule has 0 aliphatic heterocycles. The van der Waals surface area contributed by atoms with Crippen LogP contribution in [0.4, 0.5) is 0 Å². The SMILES string of the molecule is O=Cc1ccc(C(S)c2ccc(Br)cc2)o1. The summed E-state index contributed by atoms with van der Waals surface area (Å²) in [6.07, 6.45) is 0.686. The molecule has 1 atom stereocenters. The van der Waals surface area contributed by atoms with Gasteiger partial charge in [0, 0.05) is 4.47 Å². The highest BCUT2D eigenvalue weighted by atomic mass is 79.9. The first-order chi connectivity index (χ1) is 7.70. The van der Waals surface area contributed by atoms with Crippen LogP contribution >= 0.6 is 28.6 Å². The van der Waals surface area contributed by atoms with Crippen molar-refractivity contribution in [1.82, 2.24) is 0 Å². The summed E-state index contributed by atoms with van der Waals surface area (Å²) < 4.78 is 6.34. The van der Waals surface area contributed by atoms with Gasteiger partial charge in [0.15, 0.2) is 12.0 Å². The fourth-order valence-electron chi connectivity index (χ4n) is 1.39. The summed E-state index contributed by atoms with van der Waals surface area (Å²) in [6.45, 7) is 0. The molecule has 0 aliphatic rings. The maximum absolute atomic E-state index is 10.5. The Balaban J connectivity index is 2.27. The van der Waals surface area contributed by atoms with Gasteiger partial charge in [0.05, 0.1) is 5.25 Å². The quantitative estimate of drug-likeness (QED) is 0.688. The van der Waals surface area contributed by atoms with Gasteiger partial charge >= 0.3 is 0 Å². The van der Waals surface area contributed by atoms with Gasteiger partial charge < -0.3 is 4.42 Å². The molecule has 4 heteroatoms. The third-order valence-electron chi connectivity index (χ3n) is 2.22. The molecule has 82 valence electrons. The first-order valence-electron chi connectivity index (χ1n) is 4.69. The number of hydrogen-bond donors (Lipinski definition) is 1. The van der Waals surface area contributed by atoms with Gasteiger partial charge in [0.25, 0.3) is 0 Å². The fraction of sp³-hybridized carbons (Fsp3) is 0.0833. The summed E-state index contributed by atoms with van der Waals surface area (Å²) in [5.41, 5.74) is 1.03. The van der Waals surface area contributed by atoms with Crippen LogP contribution in [0.2, 0.25) is 0 Å². The van der Waals surface area contributed by atoms with Gasteiger partial charge in [0.2, 0.25) is 0 Å². The van der Waals surface area contributed by atoms with Crippen molar-refractivity contribution in [3.8, 4) is 0 Å². The lowest BCUT2D eigenvalue weighted by Gasteiger charge is -2.07. The molecule has 1 heterocycles. The Labute approximate surface area is 107 Å². The van der Waals surface area contributed by atoms with E-state index in [1.165, 1.54) is 0 Å². The molecule has 0 saturated heterocycles. The lowest BCUT2D eigenvalue weighted by atomic mass is 10.1. The van der Waals surface area contributed by atoms with Gasteiger partial charge in [-0.25, -0.2) is 0 Å². The minimum atomic E-state index is -0.151. The van der Waals surface area contributed by atoms with E-state index in [-0.39, 0.29) is 5.25 Å². The average molecular weight is 297 g/mol. The number of hydrogen-bond acceptors (Lipinski definition) is 3. The molecule has 16 heavy (non-hydrogen) atoms. The molecule has 2 rings (SSSR count). The predicted octanol–water partition coefficient (Wildman–Crippen LogP) is 3.87. The number of benzene rings is 1. The number of thiol groups is 1. The lowest BCUT2D eigenvalue weighted by Crippen LogP contribution is -1.90. The minimum Gasteiger partial charge on any atom is -0.457 e. The van der Waals surface area contributed by atoms with Crippen molar-refractivity contribution < 1.29 is 9.21 Å². The first kappa shape index (κ1) is 11.5. The first-order valence-corrected chi connectivity index (χ1v) is 6.00. The maximum Gasteiger partial charge on any atom is 0.185 e. The zero-order valence-electron chi connectivity index (χ0n) is 8.26. The van der Waals surface area contributed by atoms with Crippen LogP contribution in [0.1, 0.15) is 27.1 Å². The molecule has 1 aromatic carbocycles. The topological polar surface area (TPSA) is 30.2 Å². The van der Waals surface area contributed by atoms with Gasteiger partial charge in [-0.15, -0.1) is 0 Å². The van der Waals surface area contributed by atoms with Gasteiger partial charge in [-0.1, -0.05) is 28.1 Å². The lowest BCUT2D eigenvalue weighted by molar-refractivity contribution is 0.109. The van der Waals surface area contributed by atoms with Gasteiger partial charge in [-0.05, 0) is 29.8 Å². The third-order valence-corrected chi connectivity index (χ3v) is 3.30. The molecule has 0 N–H and O–H groups in total. The second kappa shape index (κ2) is 4.89. The largest absolute Gasteiger partial charge is 0.457 e. The Bertz CT molecular complexity index is 490. The van der Waals surface area contributed by atoms with Crippen molar-refractivity contribution in [2.45, 2.75) is 5.25 Å². The van der Waals surface area contributed by atoms with E-state index < -0.39 is 0 Å². The molecule has 0 aliphatic carbocycles. The number of furan rings is 1. The number of halogens is 1. The van der Waals surface area contributed by atoms with Crippen molar-refractivity contribution >= 4 is 34.8 Å². The monoisotopic (exact) mass is 296 g/mol. The second-order valence-electron chi connectivity index (χ2n) is 3.31. The van der Waals surface area contributed by atoms with Crippen LogP contribution in [0, 0.1) is 0 Å². The Morgan fingerprint density at radius 2 is 1.88 bits per heavy atom. The van der Waals surface area contributed by atoms with E-state index in [9.17, 15) is 4.79 Å². The van der Waals surface area contributed by atoms with E-state index in [4.69, 9.17) is 4.42 Å². The highest BCUT2D eigenvalue weighted by Gasteiger charge is 2.13. The maximum atomic E-state index is 10.5. The average Bonchev–Trinajstić information content (AvgIpc) is 2.77. The fourth-order valence-corrected chi connectivity index (χ4v) is 1.96. The predicted molar refractivity (Wildman–Crippen MR) is 69.1 cm³/mol. The van der Waals surface area contributed by atoms with Crippen LogP contribution in [-0.2, 0) is 0 Å². The van der Waals surface area contributed by atoms with Crippen LogP contribution in [-0.4, -0.2) is 6.29 Å². The normalized spacial score (nSPS) is 12.4. The van der Waals surface area contributed by atoms with Crippen LogP contribution in [0.25, 0.3) is 0 Å². The van der Waals surface area contributed by atoms with Crippen molar-refractivity contribution in [2.24, 2.45) is 0 Å². The smallest absolute Gasteiger partial charge is 0.185 e. The van der Waals surface area contributed by atoms with Crippen molar-refractivity contribution in [3.63, 3.8) is 0 Å². The molecule has 2 nitrogen and oxygen atoms in total. The molecule has 2 aromatic rings. The van der Waals surface area contributed by atoms with Crippen LogP contribution < -0.4 is 0 Å².